The van der Waals surface area contributed by atoms with Crippen molar-refractivity contribution in [2.24, 2.45) is 0 Å². The maximum absolute atomic E-state index is 11.2. The van der Waals surface area contributed by atoms with Gasteiger partial charge in [0.25, 0.3) is 5.69 Å². The molecule has 9 heteroatoms. The van der Waals surface area contributed by atoms with E-state index in [0.717, 1.165) is 41.7 Å². The van der Waals surface area contributed by atoms with E-state index in [4.69, 9.17) is 14.5 Å². The minimum Gasteiger partial charge on any atom is -0.493 e. The van der Waals surface area contributed by atoms with Crippen LogP contribution in [-0.2, 0) is 6.54 Å². The zero-order valence-electron chi connectivity index (χ0n) is 18.9. The van der Waals surface area contributed by atoms with Crippen LogP contribution in [0, 0.1) is 10.1 Å². The molecule has 0 bridgehead atoms. The van der Waals surface area contributed by atoms with E-state index in [1.165, 1.54) is 25.3 Å². The summed E-state index contributed by atoms with van der Waals surface area (Å²) >= 11 is 1.55. The van der Waals surface area contributed by atoms with Gasteiger partial charge in [-0.25, -0.2) is 4.98 Å². The van der Waals surface area contributed by atoms with Gasteiger partial charge in [0, 0.05) is 29.6 Å². The van der Waals surface area contributed by atoms with Crippen LogP contribution in [0.4, 0.5) is 10.8 Å². The van der Waals surface area contributed by atoms with Crippen molar-refractivity contribution in [2.45, 2.75) is 25.8 Å². The first-order chi connectivity index (χ1) is 16.1. The zero-order chi connectivity index (χ0) is 23.2. The van der Waals surface area contributed by atoms with Gasteiger partial charge in [-0.3, -0.25) is 15.0 Å². The Morgan fingerprint density at radius 1 is 1.09 bits per heavy atom. The number of hydrogen-bond donors (Lipinski definition) is 0. The maximum atomic E-state index is 11.2. The Hall–Kier alpha value is -3.17. The topological polar surface area (TPSA) is 81.0 Å². The second-order valence-corrected chi connectivity index (χ2v) is 8.87. The van der Waals surface area contributed by atoms with E-state index in [-0.39, 0.29) is 10.6 Å². The van der Waals surface area contributed by atoms with Gasteiger partial charge in [0.15, 0.2) is 16.6 Å². The molecule has 1 fully saturated rings. The van der Waals surface area contributed by atoms with Crippen molar-refractivity contribution in [2.75, 3.05) is 38.9 Å². The Bertz CT molecular complexity index is 1100. The Kier molecular flexibility index (Phi) is 7.41. The predicted molar refractivity (Wildman–Crippen MR) is 130 cm³/mol. The summed E-state index contributed by atoms with van der Waals surface area (Å²) < 4.78 is 10.9. The van der Waals surface area contributed by atoms with E-state index >= 15 is 0 Å². The molecule has 2 aromatic carbocycles. The maximum Gasteiger partial charge on any atom is 0.270 e. The first-order valence-corrected chi connectivity index (χ1v) is 11.8. The fourth-order valence-corrected chi connectivity index (χ4v) is 4.87. The molecule has 8 nitrogen and oxygen atoms in total. The van der Waals surface area contributed by atoms with Gasteiger partial charge in [0.2, 0.25) is 0 Å². The molecule has 3 aromatic rings. The standard InChI is InChI=1S/C24H28N4O4S/c1-31-22-10-9-18(13-23(22)32-2)15-27(17-26-11-4-3-5-12-26)24-25-21(16-33-24)19-7-6-8-20(14-19)28(29)30/h6-10,13-14,16H,3-5,11-12,15,17H2,1-2H3. The third-order valence-corrected chi connectivity index (χ3v) is 6.66. The van der Waals surface area contributed by atoms with Crippen LogP contribution in [0.3, 0.4) is 0 Å². The second-order valence-electron chi connectivity index (χ2n) is 8.03. The van der Waals surface area contributed by atoms with E-state index in [0.29, 0.717) is 18.0 Å². The average molecular weight is 469 g/mol. The summed E-state index contributed by atoms with van der Waals surface area (Å²) in [6, 6.07) is 12.6. The number of benzene rings is 2. The lowest BCUT2D eigenvalue weighted by molar-refractivity contribution is -0.384. The molecule has 0 N–H and O–H groups in total. The van der Waals surface area contributed by atoms with E-state index in [1.807, 2.05) is 29.6 Å². The third-order valence-electron chi connectivity index (χ3n) is 5.76. The van der Waals surface area contributed by atoms with Crippen molar-refractivity contribution in [3.8, 4) is 22.8 Å². The zero-order valence-corrected chi connectivity index (χ0v) is 19.7. The van der Waals surface area contributed by atoms with Crippen LogP contribution in [0.5, 0.6) is 11.5 Å². The highest BCUT2D eigenvalue weighted by Gasteiger charge is 2.19. The molecule has 1 saturated heterocycles. The molecular formula is C24H28N4O4S. The molecule has 1 aromatic heterocycles. The highest BCUT2D eigenvalue weighted by Crippen LogP contribution is 2.32. The molecule has 0 radical (unpaired) electrons. The van der Waals surface area contributed by atoms with Crippen molar-refractivity contribution in [1.82, 2.24) is 9.88 Å². The number of aromatic nitrogens is 1. The van der Waals surface area contributed by atoms with Crippen LogP contribution in [0.2, 0.25) is 0 Å². The van der Waals surface area contributed by atoms with Gasteiger partial charge in [0.05, 0.1) is 31.5 Å². The molecule has 4 rings (SSSR count). The summed E-state index contributed by atoms with van der Waals surface area (Å²) in [6.45, 7) is 3.59. The molecule has 0 saturated carbocycles. The summed E-state index contributed by atoms with van der Waals surface area (Å²) in [5, 5.41) is 14.0. The lowest BCUT2D eigenvalue weighted by atomic mass is 10.1. The molecule has 0 unspecified atom stereocenters. The fraction of sp³-hybridized carbons (Fsp3) is 0.375. The van der Waals surface area contributed by atoms with Crippen LogP contribution in [-0.4, -0.2) is 48.8 Å². The summed E-state index contributed by atoms with van der Waals surface area (Å²) in [7, 11) is 3.27. The van der Waals surface area contributed by atoms with Crippen LogP contribution in [0.25, 0.3) is 11.3 Å². The Morgan fingerprint density at radius 3 is 2.61 bits per heavy atom. The van der Waals surface area contributed by atoms with Crippen LogP contribution in [0.15, 0.2) is 47.8 Å². The van der Waals surface area contributed by atoms with Gasteiger partial charge in [0.1, 0.15) is 0 Å². The molecule has 1 aliphatic rings. The highest BCUT2D eigenvalue weighted by molar-refractivity contribution is 7.14. The van der Waals surface area contributed by atoms with Gasteiger partial charge in [-0.15, -0.1) is 11.3 Å². The van der Waals surface area contributed by atoms with Gasteiger partial charge < -0.3 is 14.4 Å². The van der Waals surface area contributed by atoms with Gasteiger partial charge >= 0.3 is 0 Å². The minimum absolute atomic E-state index is 0.0672. The quantitative estimate of drug-likeness (QED) is 0.316. The Balaban J connectivity index is 1.61. The normalized spacial score (nSPS) is 14.1. The first-order valence-electron chi connectivity index (χ1n) is 11.0. The molecular weight excluding hydrogens is 440 g/mol. The summed E-state index contributed by atoms with van der Waals surface area (Å²) in [6.07, 6.45) is 3.70. The van der Waals surface area contributed by atoms with Crippen LogP contribution in [0.1, 0.15) is 24.8 Å². The number of anilines is 1. The van der Waals surface area contributed by atoms with Crippen molar-refractivity contribution >= 4 is 22.2 Å². The number of nitro groups is 1. The fourth-order valence-electron chi connectivity index (χ4n) is 4.04. The average Bonchev–Trinajstić information content (AvgIpc) is 3.34. The monoisotopic (exact) mass is 468 g/mol. The lowest BCUT2D eigenvalue weighted by Crippen LogP contribution is -2.40. The number of rotatable bonds is 9. The summed E-state index contributed by atoms with van der Waals surface area (Å²) in [4.78, 5) is 20.4. The van der Waals surface area contributed by atoms with Crippen LogP contribution >= 0.6 is 11.3 Å². The number of nitro benzene ring substituents is 1. The first kappa shape index (κ1) is 23.0. The van der Waals surface area contributed by atoms with Crippen molar-refractivity contribution in [1.29, 1.82) is 0 Å². The second kappa shape index (κ2) is 10.6. The number of ether oxygens (including phenoxy) is 2. The smallest absolute Gasteiger partial charge is 0.270 e. The molecule has 0 amide bonds. The molecule has 174 valence electrons. The molecule has 33 heavy (non-hydrogen) atoms. The number of hydrogen-bond acceptors (Lipinski definition) is 8. The van der Waals surface area contributed by atoms with E-state index in [1.54, 1.807) is 37.7 Å². The highest BCUT2D eigenvalue weighted by atomic mass is 32.1. The minimum atomic E-state index is -0.378. The largest absolute Gasteiger partial charge is 0.493 e. The van der Waals surface area contributed by atoms with Gasteiger partial charge in [-0.1, -0.05) is 24.6 Å². The molecule has 2 heterocycles. The van der Waals surface area contributed by atoms with Gasteiger partial charge in [-0.05, 0) is 43.6 Å². The number of non-ortho nitro benzene ring substituents is 1. The van der Waals surface area contributed by atoms with Crippen molar-refractivity contribution in [3.05, 3.63) is 63.5 Å². The van der Waals surface area contributed by atoms with Crippen LogP contribution < -0.4 is 14.4 Å². The van der Waals surface area contributed by atoms with Gasteiger partial charge in [-0.2, -0.15) is 0 Å². The van der Waals surface area contributed by atoms with E-state index in [9.17, 15) is 10.1 Å². The summed E-state index contributed by atoms with van der Waals surface area (Å²) in [5.74, 6) is 1.40. The number of nitrogens with zero attached hydrogens (tertiary/aromatic N) is 4. The number of piperidine rings is 1. The predicted octanol–water partition coefficient (Wildman–Crippen LogP) is 5.19. The molecule has 0 atom stereocenters. The SMILES string of the molecule is COc1ccc(CN(CN2CCCCC2)c2nc(-c3cccc([N+](=O)[O-])c3)cs2)cc1OC. The number of likely N-dealkylation sites (tertiary alicyclic amines) is 1. The van der Waals surface area contributed by atoms with E-state index in [2.05, 4.69) is 9.80 Å². The van der Waals surface area contributed by atoms with Crippen molar-refractivity contribution in [3.63, 3.8) is 0 Å². The molecule has 1 aliphatic heterocycles. The molecule has 0 aliphatic carbocycles. The Labute approximate surface area is 197 Å². The van der Waals surface area contributed by atoms with E-state index < -0.39 is 0 Å². The molecule has 0 spiro atoms. The number of methoxy groups -OCH3 is 2. The van der Waals surface area contributed by atoms with Crippen molar-refractivity contribution < 1.29 is 14.4 Å². The summed E-state index contributed by atoms with van der Waals surface area (Å²) in [5.41, 5.74) is 2.65. The Morgan fingerprint density at radius 2 is 1.88 bits per heavy atom. The lowest BCUT2D eigenvalue weighted by Gasteiger charge is -2.33. The number of thiazole rings is 1. The third kappa shape index (κ3) is 5.61.